The maximum atomic E-state index is 13.6. The van der Waals surface area contributed by atoms with Gasteiger partial charge < -0.3 is 9.15 Å². The first kappa shape index (κ1) is 22.8. The number of pyridine rings is 1. The normalized spacial score (nSPS) is 13.4. The first-order chi connectivity index (χ1) is 16.8. The fourth-order valence-corrected chi connectivity index (χ4v) is 4.25. The van der Waals surface area contributed by atoms with Gasteiger partial charge in [0.25, 0.3) is 5.56 Å². The Kier molecular flexibility index (Phi) is 5.62. The number of benzene rings is 1. The number of carbonyl (C=O) groups excluding carboxylic acids is 1. The lowest BCUT2D eigenvalue weighted by Crippen LogP contribution is -2.40. The van der Waals surface area contributed by atoms with Gasteiger partial charge in [0, 0.05) is 24.2 Å². The van der Waals surface area contributed by atoms with Gasteiger partial charge in [-0.05, 0) is 51.3 Å². The highest BCUT2D eigenvalue weighted by molar-refractivity contribution is 6.02. The van der Waals surface area contributed by atoms with Crippen molar-refractivity contribution in [3.8, 4) is 11.5 Å². The molecule has 1 fully saturated rings. The quantitative estimate of drug-likeness (QED) is 0.394. The first-order valence-corrected chi connectivity index (χ1v) is 11.6. The number of carbonyl (C=O) groups is 1. The molecule has 1 aliphatic rings. The Bertz CT molecular complexity index is 1590. The number of ether oxygens (including phenoxy) is 1. The molecule has 0 aliphatic heterocycles. The molecule has 0 radical (unpaired) electrons. The van der Waals surface area contributed by atoms with Gasteiger partial charge in [0.05, 0.1) is 24.1 Å². The van der Waals surface area contributed by atoms with Crippen molar-refractivity contribution < 1.29 is 13.9 Å². The highest BCUT2D eigenvalue weighted by Gasteiger charge is 2.29. The predicted molar refractivity (Wildman–Crippen MR) is 130 cm³/mol. The molecule has 1 aliphatic carbocycles. The van der Waals surface area contributed by atoms with Crippen LogP contribution in [0.25, 0.3) is 22.5 Å². The summed E-state index contributed by atoms with van der Waals surface area (Å²) in [6.07, 6.45) is 1.92. The third-order valence-corrected chi connectivity index (χ3v) is 6.38. The summed E-state index contributed by atoms with van der Waals surface area (Å²) in [5.74, 6) is 0.542. The van der Waals surface area contributed by atoms with Gasteiger partial charge in [-0.1, -0.05) is 18.2 Å². The van der Waals surface area contributed by atoms with Crippen LogP contribution in [0.2, 0.25) is 0 Å². The summed E-state index contributed by atoms with van der Waals surface area (Å²) in [6, 6.07) is 9.31. The Morgan fingerprint density at radius 3 is 2.60 bits per heavy atom. The highest BCUT2D eigenvalue weighted by Crippen LogP contribution is 2.40. The minimum atomic E-state index is -0.610. The van der Waals surface area contributed by atoms with Crippen molar-refractivity contribution in [2.24, 2.45) is 7.05 Å². The third-order valence-electron chi connectivity index (χ3n) is 6.38. The fraction of sp³-hybridized carbons (Fsp3) is 0.346. The second-order valence-electron chi connectivity index (χ2n) is 8.86. The second-order valence-corrected chi connectivity index (χ2v) is 8.86. The monoisotopic (exact) mass is 474 g/mol. The molecule has 9 nitrogen and oxygen atoms in total. The molecular weight excluding hydrogens is 448 g/mol. The molecule has 0 atom stereocenters. The number of hydrogen-bond donors (Lipinski definition) is 0. The number of esters is 1. The predicted octanol–water partition coefficient (Wildman–Crippen LogP) is 3.47. The molecule has 0 amide bonds. The molecule has 1 aromatic carbocycles. The molecule has 1 saturated carbocycles. The van der Waals surface area contributed by atoms with Crippen LogP contribution < -0.4 is 11.2 Å². The van der Waals surface area contributed by atoms with Crippen molar-refractivity contribution in [3.63, 3.8) is 0 Å². The maximum absolute atomic E-state index is 13.6. The largest absolute Gasteiger partial charge is 0.462 e. The molecule has 180 valence electrons. The SMILES string of the molecule is CCOC(=O)c1cc(C2CC2)nc2c1c(=O)n(Cc1nc(-c3ccccc3C)oc1C)c(=O)n2C. The van der Waals surface area contributed by atoms with E-state index in [0.29, 0.717) is 23.0 Å². The van der Waals surface area contributed by atoms with Crippen LogP contribution in [-0.4, -0.2) is 31.7 Å². The van der Waals surface area contributed by atoms with Gasteiger partial charge in [0.15, 0.2) is 0 Å². The molecule has 4 aromatic rings. The summed E-state index contributed by atoms with van der Waals surface area (Å²) in [7, 11) is 1.55. The molecule has 0 spiro atoms. The summed E-state index contributed by atoms with van der Waals surface area (Å²) in [5, 5.41) is 0.0650. The molecule has 0 bridgehead atoms. The Labute approximate surface area is 201 Å². The van der Waals surface area contributed by atoms with E-state index in [1.807, 2.05) is 31.2 Å². The summed E-state index contributed by atoms with van der Waals surface area (Å²) >= 11 is 0. The molecule has 0 unspecified atom stereocenters. The van der Waals surface area contributed by atoms with Crippen LogP contribution >= 0.6 is 0 Å². The van der Waals surface area contributed by atoms with Crippen molar-refractivity contribution in [1.29, 1.82) is 0 Å². The number of rotatable bonds is 6. The van der Waals surface area contributed by atoms with E-state index in [1.54, 1.807) is 27.0 Å². The topological polar surface area (TPSA) is 109 Å². The average Bonchev–Trinajstić information content (AvgIpc) is 3.63. The number of nitrogens with zero attached hydrogens (tertiary/aromatic N) is 4. The van der Waals surface area contributed by atoms with Crippen molar-refractivity contribution in [2.75, 3.05) is 6.61 Å². The summed E-state index contributed by atoms with van der Waals surface area (Å²) < 4.78 is 13.5. The van der Waals surface area contributed by atoms with Crippen molar-refractivity contribution in [3.05, 3.63) is 79.4 Å². The standard InChI is InChI=1S/C26H26N4O5/c1-5-34-25(32)18-12-19(16-10-11-16)27-22-21(18)24(31)30(26(33)29(22)4)13-20-15(3)35-23(28-20)17-9-7-6-8-14(17)2/h6-9,12,16H,5,10-11,13H2,1-4H3. The number of aryl methyl sites for hydroxylation is 3. The molecule has 0 N–H and O–H groups in total. The minimum absolute atomic E-state index is 0.0650. The highest BCUT2D eigenvalue weighted by atomic mass is 16.5. The molecule has 9 heteroatoms. The zero-order valence-corrected chi connectivity index (χ0v) is 20.1. The third kappa shape index (κ3) is 3.96. The number of hydrogen-bond acceptors (Lipinski definition) is 7. The molecule has 35 heavy (non-hydrogen) atoms. The lowest BCUT2D eigenvalue weighted by Gasteiger charge is -2.13. The van der Waals surface area contributed by atoms with Crippen LogP contribution in [0.15, 0.2) is 44.3 Å². The smallest absolute Gasteiger partial charge is 0.339 e. The summed E-state index contributed by atoms with van der Waals surface area (Å²) in [5.41, 5.74) is 2.15. The molecule has 3 aromatic heterocycles. The molecule has 3 heterocycles. The first-order valence-electron chi connectivity index (χ1n) is 11.6. The van der Waals surface area contributed by atoms with E-state index in [0.717, 1.165) is 28.5 Å². The van der Waals surface area contributed by atoms with Crippen molar-refractivity contribution in [2.45, 2.75) is 46.1 Å². The van der Waals surface area contributed by atoms with Crippen molar-refractivity contribution >= 4 is 17.0 Å². The molecular formula is C26H26N4O5. The number of aromatic nitrogens is 4. The van der Waals surface area contributed by atoms with Crippen LogP contribution in [0.1, 0.15) is 58.8 Å². The van der Waals surface area contributed by atoms with Crippen LogP contribution in [-0.2, 0) is 18.3 Å². The van der Waals surface area contributed by atoms with Gasteiger partial charge in [-0.15, -0.1) is 0 Å². The molecule has 5 rings (SSSR count). The Morgan fingerprint density at radius 2 is 1.91 bits per heavy atom. The van der Waals surface area contributed by atoms with Gasteiger partial charge >= 0.3 is 11.7 Å². The Balaban J connectivity index is 1.67. The second kappa shape index (κ2) is 8.65. The van der Waals surface area contributed by atoms with Gasteiger partial charge in [0.2, 0.25) is 5.89 Å². The Hall–Kier alpha value is -4.01. The van der Waals surface area contributed by atoms with E-state index < -0.39 is 17.2 Å². The number of fused-ring (bicyclic) bond motifs is 1. The maximum Gasteiger partial charge on any atom is 0.339 e. The van der Waals surface area contributed by atoms with Gasteiger partial charge in [0.1, 0.15) is 17.1 Å². The van der Waals surface area contributed by atoms with Gasteiger partial charge in [-0.2, -0.15) is 0 Å². The fourth-order valence-electron chi connectivity index (χ4n) is 4.25. The van der Waals surface area contributed by atoms with E-state index in [-0.39, 0.29) is 35.7 Å². The minimum Gasteiger partial charge on any atom is -0.462 e. The zero-order chi connectivity index (χ0) is 24.9. The van der Waals surface area contributed by atoms with Gasteiger partial charge in [-0.25, -0.2) is 19.6 Å². The lowest BCUT2D eigenvalue weighted by molar-refractivity contribution is 0.0528. The number of oxazole rings is 1. The van der Waals surface area contributed by atoms with Gasteiger partial charge in [-0.3, -0.25) is 13.9 Å². The van der Waals surface area contributed by atoms with Crippen LogP contribution in [0.4, 0.5) is 0 Å². The van der Waals surface area contributed by atoms with Crippen molar-refractivity contribution in [1.82, 2.24) is 19.1 Å². The van der Waals surface area contributed by atoms with E-state index >= 15 is 0 Å². The van der Waals surface area contributed by atoms with E-state index in [9.17, 15) is 14.4 Å². The van der Waals surface area contributed by atoms with E-state index in [4.69, 9.17) is 9.15 Å². The lowest BCUT2D eigenvalue weighted by atomic mass is 10.1. The van der Waals surface area contributed by atoms with E-state index in [2.05, 4.69) is 9.97 Å². The van der Waals surface area contributed by atoms with Crippen LogP contribution in [0.5, 0.6) is 0 Å². The van der Waals surface area contributed by atoms with Crippen LogP contribution in [0.3, 0.4) is 0 Å². The summed E-state index contributed by atoms with van der Waals surface area (Å²) in [4.78, 5) is 48.9. The zero-order valence-electron chi connectivity index (χ0n) is 20.1. The van der Waals surface area contributed by atoms with Crippen LogP contribution in [0, 0.1) is 13.8 Å². The molecule has 0 saturated heterocycles. The van der Waals surface area contributed by atoms with E-state index in [1.165, 1.54) is 4.57 Å². The Morgan fingerprint density at radius 1 is 1.17 bits per heavy atom. The average molecular weight is 475 g/mol. The summed E-state index contributed by atoms with van der Waals surface area (Å²) in [6.45, 7) is 5.47.